The molecule has 0 aliphatic heterocycles. The average Bonchev–Trinajstić information content (AvgIpc) is 2.96. The number of amides is 2. The molecule has 2 amide bonds. The highest BCUT2D eigenvalue weighted by Crippen LogP contribution is 2.27. The lowest BCUT2D eigenvalue weighted by atomic mass is 10.2. The van der Waals surface area contributed by atoms with Crippen LogP contribution in [0.4, 0.5) is 4.79 Å². The first-order chi connectivity index (χ1) is 7.49. The Labute approximate surface area is 91.8 Å². The van der Waals surface area contributed by atoms with Gasteiger partial charge in [0.05, 0.1) is 6.42 Å². The van der Waals surface area contributed by atoms with Crippen molar-refractivity contribution < 1.29 is 24.6 Å². The number of hydrogen-bond acceptors (Lipinski definition) is 3. The summed E-state index contributed by atoms with van der Waals surface area (Å²) in [5.74, 6) is -2.15. The normalized spacial score (nSPS) is 16.2. The third-order valence-corrected chi connectivity index (χ3v) is 2.23. The molecule has 7 nitrogen and oxygen atoms in total. The highest BCUT2D eigenvalue weighted by Gasteiger charge is 2.25. The van der Waals surface area contributed by atoms with E-state index in [9.17, 15) is 14.4 Å². The first-order valence-electron chi connectivity index (χ1n) is 4.98. The van der Waals surface area contributed by atoms with Crippen LogP contribution in [0.5, 0.6) is 0 Å². The Morgan fingerprint density at radius 1 is 1.25 bits per heavy atom. The smallest absolute Gasteiger partial charge is 0.326 e. The van der Waals surface area contributed by atoms with E-state index in [1.807, 2.05) is 0 Å². The Morgan fingerprint density at radius 2 is 1.88 bits per heavy atom. The molecule has 90 valence electrons. The lowest BCUT2D eigenvalue weighted by Crippen LogP contribution is -2.47. The van der Waals surface area contributed by atoms with Crippen molar-refractivity contribution in [3.8, 4) is 0 Å². The zero-order valence-electron chi connectivity index (χ0n) is 8.60. The summed E-state index contributed by atoms with van der Waals surface area (Å²) >= 11 is 0. The Balaban J connectivity index is 2.30. The van der Waals surface area contributed by atoms with Crippen LogP contribution >= 0.6 is 0 Å². The van der Waals surface area contributed by atoms with E-state index in [2.05, 4.69) is 10.6 Å². The molecule has 1 saturated carbocycles. The molecule has 0 unspecified atom stereocenters. The van der Waals surface area contributed by atoms with E-state index in [4.69, 9.17) is 10.2 Å². The van der Waals surface area contributed by atoms with Gasteiger partial charge in [-0.15, -0.1) is 0 Å². The zero-order chi connectivity index (χ0) is 12.1. The average molecular weight is 230 g/mol. The Morgan fingerprint density at radius 3 is 2.31 bits per heavy atom. The molecule has 1 atom stereocenters. The number of aliphatic carboxylic acids is 2. The van der Waals surface area contributed by atoms with Crippen molar-refractivity contribution in [2.45, 2.75) is 25.3 Å². The predicted octanol–water partition coefficient (Wildman–Crippen LogP) is -0.377. The highest BCUT2D eigenvalue weighted by molar-refractivity contribution is 5.86. The molecular weight excluding hydrogens is 216 g/mol. The van der Waals surface area contributed by atoms with Gasteiger partial charge >= 0.3 is 18.0 Å². The van der Waals surface area contributed by atoms with Gasteiger partial charge in [-0.3, -0.25) is 4.79 Å². The lowest BCUT2D eigenvalue weighted by molar-refractivity contribution is -0.145. The second-order valence-corrected chi connectivity index (χ2v) is 3.79. The van der Waals surface area contributed by atoms with Crippen molar-refractivity contribution in [3.63, 3.8) is 0 Å². The third-order valence-electron chi connectivity index (χ3n) is 2.23. The van der Waals surface area contributed by atoms with E-state index in [0.29, 0.717) is 12.5 Å². The fourth-order valence-electron chi connectivity index (χ4n) is 1.14. The monoisotopic (exact) mass is 230 g/mol. The Hall–Kier alpha value is -1.79. The topological polar surface area (TPSA) is 116 Å². The number of urea groups is 1. The maximum absolute atomic E-state index is 11.2. The summed E-state index contributed by atoms with van der Waals surface area (Å²) in [4.78, 5) is 32.1. The standard InChI is InChI=1S/C9H14N2O5/c12-7(13)3-6(8(14)15)11-9(16)10-4-5-1-2-5/h5-6H,1-4H2,(H,12,13)(H,14,15)(H2,10,11,16)/t6-/m0/s1. The molecule has 0 aromatic heterocycles. The molecule has 16 heavy (non-hydrogen) atoms. The quantitative estimate of drug-likeness (QED) is 0.496. The van der Waals surface area contributed by atoms with Gasteiger partial charge in [-0.25, -0.2) is 9.59 Å². The molecule has 0 bridgehead atoms. The third kappa shape index (κ3) is 4.63. The van der Waals surface area contributed by atoms with E-state index in [1.54, 1.807) is 0 Å². The van der Waals surface area contributed by atoms with Crippen LogP contribution in [-0.4, -0.2) is 40.8 Å². The molecule has 7 heteroatoms. The number of rotatable bonds is 6. The van der Waals surface area contributed by atoms with Crippen molar-refractivity contribution in [3.05, 3.63) is 0 Å². The zero-order valence-corrected chi connectivity index (χ0v) is 8.60. The maximum Gasteiger partial charge on any atom is 0.326 e. The van der Waals surface area contributed by atoms with Crippen LogP contribution in [0.1, 0.15) is 19.3 Å². The summed E-state index contributed by atoms with van der Waals surface area (Å²) in [5, 5.41) is 21.7. The molecule has 0 heterocycles. The molecule has 0 radical (unpaired) electrons. The summed E-state index contributed by atoms with van der Waals surface area (Å²) in [6.45, 7) is 0.505. The Kier molecular flexibility index (Phi) is 4.10. The first kappa shape index (κ1) is 12.3. The first-order valence-corrected chi connectivity index (χ1v) is 4.98. The number of nitrogens with one attached hydrogen (secondary N) is 2. The van der Waals surface area contributed by atoms with Crippen molar-refractivity contribution in [2.24, 2.45) is 5.92 Å². The van der Waals surface area contributed by atoms with Gasteiger partial charge < -0.3 is 20.8 Å². The van der Waals surface area contributed by atoms with Gasteiger partial charge in [0.25, 0.3) is 0 Å². The highest BCUT2D eigenvalue weighted by atomic mass is 16.4. The molecule has 0 saturated heterocycles. The summed E-state index contributed by atoms with van der Waals surface area (Å²) in [6, 6.07) is -2.03. The van der Waals surface area contributed by atoms with Crippen molar-refractivity contribution in [2.75, 3.05) is 6.54 Å². The second kappa shape index (κ2) is 5.34. The fraction of sp³-hybridized carbons (Fsp3) is 0.667. The lowest BCUT2D eigenvalue weighted by Gasteiger charge is -2.12. The number of carbonyl (C=O) groups excluding carboxylic acids is 1. The minimum Gasteiger partial charge on any atom is -0.481 e. The Bertz CT molecular complexity index is 300. The van der Waals surface area contributed by atoms with Gasteiger partial charge in [0.1, 0.15) is 6.04 Å². The molecule has 4 N–H and O–H groups in total. The minimum absolute atomic E-state index is 0.480. The molecule has 0 aromatic rings. The largest absolute Gasteiger partial charge is 0.481 e. The molecule has 1 aliphatic rings. The maximum atomic E-state index is 11.2. The number of carboxylic acid groups (broad SMARTS) is 2. The molecule has 1 aliphatic carbocycles. The van der Waals surface area contributed by atoms with Crippen molar-refractivity contribution >= 4 is 18.0 Å². The van der Waals surface area contributed by atoms with Crippen LogP contribution < -0.4 is 10.6 Å². The molecule has 0 aromatic carbocycles. The van der Waals surface area contributed by atoms with Crippen molar-refractivity contribution in [1.29, 1.82) is 0 Å². The molecular formula is C9H14N2O5. The van der Waals surface area contributed by atoms with Crippen molar-refractivity contribution in [1.82, 2.24) is 10.6 Å². The van der Waals surface area contributed by atoms with Gasteiger partial charge in [-0.05, 0) is 18.8 Å². The predicted molar refractivity (Wildman–Crippen MR) is 52.9 cm³/mol. The van der Waals surface area contributed by atoms with Gasteiger partial charge in [-0.1, -0.05) is 0 Å². The van der Waals surface area contributed by atoms with Gasteiger partial charge in [0.15, 0.2) is 0 Å². The molecule has 1 fully saturated rings. The van der Waals surface area contributed by atoms with Crippen LogP contribution in [0.25, 0.3) is 0 Å². The second-order valence-electron chi connectivity index (χ2n) is 3.79. The van der Waals surface area contributed by atoms with Crippen LogP contribution in [0.15, 0.2) is 0 Å². The van der Waals surface area contributed by atoms with E-state index >= 15 is 0 Å². The number of carbonyl (C=O) groups is 3. The molecule has 0 spiro atoms. The van der Waals surface area contributed by atoms with Crippen LogP contribution in [0.3, 0.4) is 0 Å². The van der Waals surface area contributed by atoms with Crippen LogP contribution in [-0.2, 0) is 9.59 Å². The fourth-order valence-corrected chi connectivity index (χ4v) is 1.14. The number of carboxylic acids is 2. The van der Waals surface area contributed by atoms with Gasteiger partial charge in [-0.2, -0.15) is 0 Å². The summed E-state index contributed by atoms with van der Waals surface area (Å²) in [5.41, 5.74) is 0. The summed E-state index contributed by atoms with van der Waals surface area (Å²) < 4.78 is 0. The van der Waals surface area contributed by atoms with E-state index in [1.165, 1.54) is 0 Å². The van der Waals surface area contributed by atoms with E-state index in [-0.39, 0.29) is 0 Å². The SMILES string of the molecule is O=C(O)C[C@H](NC(=O)NCC1CC1)C(=O)O. The molecule has 1 rings (SSSR count). The van der Waals surface area contributed by atoms with Crippen LogP contribution in [0, 0.1) is 5.92 Å². The number of hydrogen-bond donors (Lipinski definition) is 4. The van der Waals surface area contributed by atoms with Gasteiger partial charge in [0.2, 0.25) is 0 Å². The van der Waals surface area contributed by atoms with Gasteiger partial charge in [0, 0.05) is 6.54 Å². The summed E-state index contributed by atoms with van der Waals surface area (Å²) in [6.07, 6.45) is 1.50. The van der Waals surface area contributed by atoms with E-state index in [0.717, 1.165) is 12.8 Å². The van der Waals surface area contributed by atoms with E-state index < -0.39 is 30.4 Å². The summed E-state index contributed by atoms with van der Waals surface area (Å²) in [7, 11) is 0. The minimum atomic E-state index is -1.39. The van der Waals surface area contributed by atoms with Crippen LogP contribution in [0.2, 0.25) is 0 Å².